The summed E-state index contributed by atoms with van der Waals surface area (Å²) in [6, 6.07) is 3.28. The number of aromatic nitrogens is 3. The second-order valence-electron chi connectivity index (χ2n) is 7.09. The number of nitrogens with zero attached hydrogens (tertiary/aromatic N) is 3. The molecule has 0 bridgehead atoms. The average molecular weight is 435 g/mol. The van der Waals surface area contributed by atoms with E-state index in [-0.39, 0.29) is 24.2 Å². The number of alkyl halides is 4. The summed E-state index contributed by atoms with van der Waals surface area (Å²) in [5.41, 5.74) is -2.12. The molecule has 3 rings (SSSR count). The fourth-order valence-electron chi connectivity index (χ4n) is 3.24. The van der Waals surface area contributed by atoms with E-state index in [2.05, 4.69) is 20.3 Å². The maximum absolute atomic E-state index is 15.5. The molecular weight excluding hydrogens is 412 g/mol. The first-order valence-electron chi connectivity index (χ1n) is 9.07. The Bertz CT molecular complexity index is 826. The van der Waals surface area contributed by atoms with E-state index < -0.39 is 24.1 Å². The maximum atomic E-state index is 15.5. The van der Waals surface area contributed by atoms with Crippen molar-refractivity contribution in [2.24, 2.45) is 0 Å². The standard InChI is InChI=1S/C19H22F4N4O.ClH/c1-12-25-10-14(17(26-12)13-6-8-24-9-7-13)18(2,20)11-28-16-5-3-4-15(27-16)19(21,22)23;/h3-5,10,13,24H,6-9,11H2,1-2H3;1H. The van der Waals surface area contributed by atoms with Gasteiger partial charge in [-0.05, 0) is 45.8 Å². The van der Waals surface area contributed by atoms with Crippen LogP contribution in [-0.4, -0.2) is 34.6 Å². The molecule has 0 spiro atoms. The maximum Gasteiger partial charge on any atom is 0.433 e. The summed E-state index contributed by atoms with van der Waals surface area (Å²) in [6.45, 7) is 4.21. The van der Waals surface area contributed by atoms with Gasteiger partial charge in [-0.25, -0.2) is 19.3 Å². The normalized spacial score (nSPS) is 17.3. The van der Waals surface area contributed by atoms with Crippen molar-refractivity contribution < 1.29 is 22.3 Å². The van der Waals surface area contributed by atoms with Crippen molar-refractivity contribution in [2.75, 3.05) is 19.7 Å². The molecule has 29 heavy (non-hydrogen) atoms. The fourth-order valence-corrected chi connectivity index (χ4v) is 3.24. The second-order valence-corrected chi connectivity index (χ2v) is 7.09. The zero-order valence-corrected chi connectivity index (χ0v) is 16.9. The number of hydrogen-bond acceptors (Lipinski definition) is 5. The van der Waals surface area contributed by atoms with Crippen molar-refractivity contribution in [3.05, 3.63) is 47.2 Å². The van der Waals surface area contributed by atoms with E-state index >= 15 is 4.39 Å². The zero-order chi connectivity index (χ0) is 20.4. The molecule has 0 saturated carbocycles. The van der Waals surface area contributed by atoms with Gasteiger partial charge in [0.15, 0.2) is 5.67 Å². The Kier molecular flexibility index (Phi) is 7.40. The minimum atomic E-state index is -4.59. The number of aryl methyl sites for hydroxylation is 1. The van der Waals surface area contributed by atoms with E-state index in [1.54, 1.807) is 6.92 Å². The highest BCUT2D eigenvalue weighted by Gasteiger charge is 2.35. The number of nitrogens with one attached hydrogen (secondary N) is 1. The quantitative estimate of drug-likeness (QED) is 0.709. The molecule has 0 radical (unpaired) electrons. The van der Waals surface area contributed by atoms with Crippen molar-refractivity contribution in [1.82, 2.24) is 20.3 Å². The molecule has 1 fully saturated rings. The van der Waals surface area contributed by atoms with Crippen LogP contribution in [0.2, 0.25) is 0 Å². The summed E-state index contributed by atoms with van der Waals surface area (Å²) < 4.78 is 59.2. The van der Waals surface area contributed by atoms with E-state index in [1.807, 2.05) is 0 Å². The molecule has 1 unspecified atom stereocenters. The van der Waals surface area contributed by atoms with Crippen molar-refractivity contribution in [2.45, 2.75) is 44.5 Å². The summed E-state index contributed by atoms with van der Waals surface area (Å²) in [5, 5.41) is 3.26. The van der Waals surface area contributed by atoms with Crippen LogP contribution >= 0.6 is 12.4 Å². The van der Waals surface area contributed by atoms with Crippen molar-refractivity contribution in [3.8, 4) is 5.88 Å². The van der Waals surface area contributed by atoms with Crippen LogP contribution in [-0.2, 0) is 11.8 Å². The summed E-state index contributed by atoms with van der Waals surface area (Å²) >= 11 is 0. The van der Waals surface area contributed by atoms with Gasteiger partial charge in [0.1, 0.15) is 18.1 Å². The highest BCUT2D eigenvalue weighted by atomic mass is 35.5. The summed E-state index contributed by atoms with van der Waals surface area (Å²) in [7, 11) is 0. The molecule has 10 heteroatoms. The Morgan fingerprint density at radius 1 is 1.14 bits per heavy atom. The van der Waals surface area contributed by atoms with Gasteiger partial charge >= 0.3 is 6.18 Å². The highest BCUT2D eigenvalue weighted by Crippen LogP contribution is 2.35. The van der Waals surface area contributed by atoms with Crippen LogP contribution in [0, 0.1) is 6.92 Å². The molecule has 0 amide bonds. The topological polar surface area (TPSA) is 59.9 Å². The molecule has 1 N–H and O–H groups in total. The van der Waals surface area contributed by atoms with E-state index in [0.717, 1.165) is 32.0 Å². The van der Waals surface area contributed by atoms with Gasteiger partial charge in [-0.15, -0.1) is 12.4 Å². The van der Waals surface area contributed by atoms with Crippen molar-refractivity contribution in [3.63, 3.8) is 0 Å². The van der Waals surface area contributed by atoms with Crippen LogP contribution in [0.25, 0.3) is 0 Å². The lowest BCUT2D eigenvalue weighted by Gasteiger charge is -2.28. The Balaban J connectivity index is 0.00000300. The number of ether oxygens (including phenoxy) is 1. The molecule has 2 aromatic heterocycles. The van der Waals surface area contributed by atoms with Crippen LogP contribution in [0.1, 0.15) is 48.5 Å². The van der Waals surface area contributed by atoms with Gasteiger partial charge in [0.25, 0.3) is 0 Å². The van der Waals surface area contributed by atoms with Gasteiger partial charge in [-0.3, -0.25) is 0 Å². The lowest BCUT2D eigenvalue weighted by atomic mass is 9.87. The monoisotopic (exact) mass is 434 g/mol. The second kappa shape index (κ2) is 9.21. The molecule has 1 aliphatic heterocycles. The minimum absolute atomic E-state index is 0. The van der Waals surface area contributed by atoms with Gasteiger partial charge < -0.3 is 10.1 Å². The van der Waals surface area contributed by atoms with Crippen LogP contribution in [0.3, 0.4) is 0 Å². The Labute approximate surface area is 172 Å². The van der Waals surface area contributed by atoms with E-state index in [0.29, 0.717) is 17.1 Å². The highest BCUT2D eigenvalue weighted by molar-refractivity contribution is 5.85. The van der Waals surface area contributed by atoms with E-state index in [9.17, 15) is 13.2 Å². The Morgan fingerprint density at radius 3 is 2.48 bits per heavy atom. The lowest BCUT2D eigenvalue weighted by Crippen LogP contribution is -2.32. The first kappa shape index (κ1) is 23.3. The van der Waals surface area contributed by atoms with E-state index in [1.165, 1.54) is 25.3 Å². The molecule has 3 heterocycles. The SMILES string of the molecule is Cc1ncc(C(C)(F)COc2cccc(C(F)(F)F)n2)c(C2CCNCC2)n1.Cl. The summed E-state index contributed by atoms with van der Waals surface area (Å²) in [6.07, 6.45) is -1.49. The third-order valence-electron chi connectivity index (χ3n) is 4.73. The molecule has 0 aromatic carbocycles. The molecule has 1 aliphatic rings. The van der Waals surface area contributed by atoms with Gasteiger partial charge in [0, 0.05) is 23.7 Å². The Morgan fingerprint density at radius 2 is 1.83 bits per heavy atom. The number of piperidine rings is 1. The largest absolute Gasteiger partial charge is 0.474 e. The minimum Gasteiger partial charge on any atom is -0.474 e. The predicted octanol–water partition coefficient (Wildman–Crippen LogP) is 4.35. The molecule has 0 aliphatic carbocycles. The smallest absolute Gasteiger partial charge is 0.433 e. The molecule has 2 aromatic rings. The van der Waals surface area contributed by atoms with Crippen LogP contribution in [0.4, 0.5) is 17.6 Å². The lowest BCUT2D eigenvalue weighted by molar-refractivity contribution is -0.141. The fraction of sp³-hybridized carbons (Fsp3) is 0.526. The summed E-state index contributed by atoms with van der Waals surface area (Å²) in [4.78, 5) is 12.0. The molecule has 1 saturated heterocycles. The number of rotatable bonds is 5. The average Bonchev–Trinajstić information content (AvgIpc) is 2.66. The van der Waals surface area contributed by atoms with E-state index in [4.69, 9.17) is 4.74 Å². The molecule has 5 nitrogen and oxygen atoms in total. The van der Waals surface area contributed by atoms with Gasteiger partial charge in [-0.2, -0.15) is 13.2 Å². The Hall–Kier alpha value is -2.00. The van der Waals surface area contributed by atoms with Gasteiger partial charge in [0.05, 0.1) is 5.69 Å². The molecule has 1 atom stereocenters. The first-order chi connectivity index (χ1) is 13.2. The van der Waals surface area contributed by atoms with Gasteiger partial charge in [-0.1, -0.05) is 6.07 Å². The summed E-state index contributed by atoms with van der Waals surface area (Å²) in [5.74, 6) is 0.364. The zero-order valence-electron chi connectivity index (χ0n) is 16.1. The number of halogens is 5. The van der Waals surface area contributed by atoms with Gasteiger partial charge in [0.2, 0.25) is 5.88 Å². The number of hydrogen-bond donors (Lipinski definition) is 1. The predicted molar refractivity (Wildman–Crippen MR) is 102 cm³/mol. The molecule has 160 valence electrons. The van der Waals surface area contributed by atoms with Crippen LogP contribution in [0.15, 0.2) is 24.4 Å². The molecular formula is C19H23ClF4N4O. The number of pyridine rings is 1. The first-order valence-corrected chi connectivity index (χ1v) is 9.07. The third-order valence-corrected chi connectivity index (χ3v) is 4.73. The third kappa shape index (κ3) is 5.76. The van der Waals surface area contributed by atoms with Crippen LogP contribution in [0.5, 0.6) is 5.88 Å². The van der Waals surface area contributed by atoms with Crippen LogP contribution < -0.4 is 10.1 Å². The van der Waals surface area contributed by atoms with Crippen molar-refractivity contribution >= 4 is 12.4 Å². The van der Waals surface area contributed by atoms with Crippen molar-refractivity contribution in [1.29, 1.82) is 0 Å².